The monoisotopic (exact) mass is 268 g/mol. The molecule has 0 aromatic heterocycles. The first-order chi connectivity index (χ1) is 8.92. The Morgan fingerprint density at radius 2 is 1.84 bits per heavy atom. The topological polar surface area (TPSA) is 49.5 Å². The summed E-state index contributed by atoms with van der Waals surface area (Å²) >= 11 is 0. The van der Waals surface area contributed by atoms with E-state index in [2.05, 4.69) is 25.8 Å². The second-order valence-corrected chi connectivity index (χ2v) is 7.53. The first-order valence-corrected chi connectivity index (χ1v) is 8.06. The molecule has 2 aliphatic carbocycles. The second kappa shape index (κ2) is 6.11. The summed E-state index contributed by atoms with van der Waals surface area (Å²) in [7, 11) is 2.17. The number of hydrogen-bond acceptors (Lipinski definition) is 3. The van der Waals surface area contributed by atoms with Crippen molar-refractivity contribution in [3.63, 3.8) is 0 Å². The van der Waals surface area contributed by atoms with Crippen LogP contribution in [0, 0.1) is 11.3 Å². The average Bonchev–Trinajstić information content (AvgIpc) is 2.35. The number of aliphatic hydroxyl groups excluding tert-OH is 1. The summed E-state index contributed by atoms with van der Waals surface area (Å²) in [6.45, 7) is 5.66. The summed E-state index contributed by atoms with van der Waals surface area (Å²) in [5.74, 6) is 0.586. The smallest absolute Gasteiger partial charge is 0.0695 e. The minimum atomic E-state index is -0.133. The number of nitrogens with zero attached hydrogens (tertiary/aromatic N) is 1. The number of nitrogens with two attached hydrogens (primary N) is 1. The van der Waals surface area contributed by atoms with Crippen molar-refractivity contribution in [2.24, 2.45) is 17.1 Å². The quantitative estimate of drug-likeness (QED) is 0.826. The van der Waals surface area contributed by atoms with E-state index < -0.39 is 0 Å². The molecule has 0 aliphatic heterocycles. The van der Waals surface area contributed by atoms with E-state index in [1.165, 1.54) is 32.1 Å². The molecule has 0 aromatic rings. The van der Waals surface area contributed by atoms with Crippen LogP contribution in [0.5, 0.6) is 0 Å². The molecule has 4 atom stereocenters. The number of likely N-dealkylation sites (N-methyl/N-ethyl adjacent to an activating group) is 1. The molecular weight excluding hydrogens is 236 g/mol. The molecule has 2 fully saturated rings. The van der Waals surface area contributed by atoms with E-state index >= 15 is 0 Å². The Kier molecular flexibility index (Phi) is 4.91. The predicted octanol–water partition coefficient (Wildman–Crippen LogP) is 2.38. The number of rotatable bonds is 3. The van der Waals surface area contributed by atoms with Gasteiger partial charge >= 0.3 is 0 Å². The van der Waals surface area contributed by atoms with Gasteiger partial charge in [-0.15, -0.1) is 0 Å². The lowest BCUT2D eigenvalue weighted by Crippen LogP contribution is -2.52. The maximum Gasteiger partial charge on any atom is 0.0695 e. The molecule has 112 valence electrons. The molecule has 0 spiro atoms. The highest BCUT2D eigenvalue weighted by molar-refractivity contribution is 4.93. The fraction of sp³-hybridized carbons (Fsp3) is 1.00. The van der Waals surface area contributed by atoms with Crippen molar-refractivity contribution in [3.8, 4) is 0 Å². The van der Waals surface area contributed by atoms with E-state index in [1.807, 2.05) is 0 Å². The van der Waals surface area contributed by atoms with Crippen LogP contribution in [0.1, 0.15) is 58.8 Å². The molecule has 19 heavy (non-hydrogen) atoms. The lowest BCUT2D eigenvalue weighted by atomic mass is 9.68. The molecule has 0 bridgehead atoms. The van der Waals surface area contributed by atoms with Crippen molar-refractivity contribution >= 4 is 0 Å². The van der Waals surface area contributed by atoms with E-state index in [4.69, 9.17) is 5.73 Å². The van der Waals surface area contributed by atoms with E-state index in [0.29, 0.717) is 18.0 Å². The molecule has 0 heterocycles. The highest BCUT2D eigenvalue weighted by atomic mass is 16.3. The Morgan fingerprint density at radius 1 is 1.16 bits per heavy atom. The summed E-state index contributed by atoms with van der Waals surface area (Å²) in [5, 5.41) is 10.2. The third kappa shape index (κ3) is 3.50. The first-order valence-electron chi connectivity index (χ1n) is 8.06. The van der Waals surface area contributed by atoms with Crippen molar-refractivity contribution in [1.82, 2.24) is 4.90 Å². The third-order valence-corrected chi connectivity index (χ3v) is 5.59. The molecule has 2 saturated carbocycles. The van der Waals surface area contributed by atoms with Crippen molar-refractivity contribution in [1.29, 1.82) is 0 Å². The van der Waals surface area contributed by atoms with Crippen LogP contribution in [0.15, 0.2) is 0 Å². The fourth-order valence-corrected chi connectivity index (χ4v) is 4.12. The highest BCUT2D eigenvalue weighted by Crippen LogP contribution is 2.38. The minimum Gasteiger partial charge on any atom is -0.391 e. The Labute approximate surface area is 118 Å². The van der Waals surface area contributed by atoms with Crippen molar-refractivity contribution in [2.75, 3.05) is 13.6 Å². The van der Waals surface area contributed by atoms with Gasteiger partial charge in [0.05, 0.1) is 6.10 Å². The van der Waals surface area contributed by atoms with Crippen LogP contribution in [0.3, 0.4) is 0 Å². The Bertz CT molecular complexity index is 292. The molecule has 2 rings (SSSR count). The molecule has 0 aromatic carbocycles. The molecule has 0 saturated heterocycles. The Morgan fingerprint density at radius 3 is 2.53 bits per heavy atom. The van der Waals surface area contributed by atoms with Gasteiger partial charge in [-0.25, -0.2) is 0 Å². The van der Waals surface area contributed by atoms with Crippen molar-refractivity contribution in [2.45, 2.75) is 77.0 Å². The van der Waals surface area contributed by atoms with Gasteiger partial charge in [0, 0.05) is 18.6 Å². The van der Waals surface area contributed by atoms with Crippen molar-refractivity contribution in [3.05, 3.63) is 0 Å². The summed E-state index contributed by atoms with van der Waals surface area (Å²) in [4.78, 5) is 2.38. The standard InChI is InChI=1S/C16H32N2O/c1-16(2)10-6-7-12(15(16)17)11-18(3)13-8-4-5-9-14(13)19/h12-15,19H,4-11,17H2,1-3H3. The predicted molar refractivity (Wildman–Crippen MR) is 80.0 cm³/mol. The molecule has 0 amide bonds. The first kappa shape index (κ1) is 15.3. The fourth-order valence-electron chi connectivity index (χ4n) is 4.12. The molecule has 3 heteroatoms. The zero-order valence-electron chi connectivity index (χ0n) is 12.9. The molecule has 0 radical (unpaired) electrons. The summed E-state index contributed by atoms with van der Waals surface area (Å²) in [5.41, 5.74) is 6.75. The van der Waals surface area contributed by atoms with Crippen LogP contribution in [0.4, 0.5) is 0 Å². The van der Waals surface area contributed by atoms with Gasteiger partial charge in [-0.1, -0.05) is 33.1 Å². The van der Waals surface area contributed by atoms with Crippen LogP contribution in [0.25, 0.3) is 0 Å². The van der Waals surface area contributed by atoms with Gasteiger partial charge in [-0.2, -0.15) is 0 Å². The molecule has 3 N–H and O–H groups in total. The summed E-state index contributed by atoms with van der Waals surface area (Å²) in [6, 6.07) is 0.649. The van der Waals surface area contributed by atoms with Gasteiger partial charge in [-0.05, 0) is 44.1 Å². The van der Waals surface area contributed by atoms with Gasteiger partial charge < -0.3 is 15.7 Å². The SMILES string of the molecule is CN(CC1CCCC(C)(C)C1N)C1CCCCC1O. The molecule has 4 unspecified atom stereocenters. The van der Waals surface area contributed by atoms with Crippen LogP contribution in [-0.2, 0) is 0 Å². The zero-order valence-corrected chi connectivity index (χ0v) is 12.9. The highest BCUT2D eigenvalue weighted by Gasteiger charge is 2.38. The average molecular weight is 268 g/mol. The van der Waals surface area contributed by atoms with Gasteiger partial charge in [0.2, 0.25) is 0 Å². The second-order valence-electron chi connectivity index (χ2n) is 7.53. The number of aliphatic hydroxyl groups is 1. The largest absolute Gasteiger partial charge is 0.391 e. The van der Waals surface area contributed by atoms with Crippen LogP contribution >= 0.6 is 0 Å². The third-order valence-electron chi connectivity index (χ3n) is 5.59. The van der Waals surface area contributed by atoms with Gasteiger partial charge in [0.25, 0.3) is 0 Å². The lowest BCUT2D eigenvalue weighted by Gasteiger charge is -2.45. The van der Waals surface area contributed by atoms with E-state index in [1.54, 1.807) is 0 Å². The maximum atomic E-state index is 10.2. The maximum absolute atomic E-state index is 10.2. The molecule has 2 aliphatic rings. The van der Waals surface area contributed by atoms with Crippen LogP contribution in [0.2, 0.25) is 0 Å². The lowest BCUT2D eigenvalue weighted by molar-refractivity contribution is 0.0134. The van der Waals surface area contributed by atoms with E-state index in [0.717, 1.165) is 19.4 Å². The minimum absolute atomic E-state index is 0.133. The van der Waals surface area contributed by atoms with Crippen LogP contribution < -0.4 is 5.73 Å². The molecule has 3 nitrogen and oxygen atoms in total. The van der Waals surface area contributed by atoms with Gasteiger partial charge in [0.1, 0.15) is 0 Å². The zero-order chi connectivity index (χ0) is 14.0. The summed E-state index contributed by atoms with van der Waals surface area (Å²) in [6.07, 6.45) is 8.22. The Hall–Kier alpha value is -0.120. The normalized spacial score (nSPS) is 39.5. The number of hydrogen-bond donors (Lipinski definition) is 2. The summed E-state index contributed by atoms with van der Waals surface area (Å²) < 4.78 is 0. The van der Waals surface area contributed by atoms with Gasteiger partial charge in [0.15, 0.2) is 0 Å². The van der Waals surface area contributed by atoms with Crippen molar-refractivity contribution < 1.29 is 5.11 Å². The van der Waals surface area contributed by atoms with E-state index in [-0.39, 0.29) is 11.5 Å². The van der Waals surface area contributed by atoms with Crippen LogP contribution in [-0.4, -0.2) is 41.8 Å². The molecular formula is C16H32N2O. The van der Waals surface area contributed by atoms with E-state index in [9.17, 15) is 5.11 Å². The van der Waals surface area contributed by atoms with Gasteiger partial charge in [-0.3, -0.25) is 0 Å². The Balaban J connectivity index is 1.92.